The van der Waals surface area contributed by atoms with Gasteiger partial charge in [-0.1, -0.05) is 76.4 Å². The van der Waals surface area contributed by atoms with Crippen LogP contribution < -0.4 is 34.6 Å². The van der Waals surface area contributed by atoms with Crippen molar-refractivity contribution in [2.45, 2.75) is 267 Å². The summed E-state index contributed by atoms with van der Waals surface area (Å²) in [4.78, 5) is 25.6. The molecule has 18 nitrogen and oxygen atoms in total. The van der Waals surface area contributed by atoms with E-state index in [1.807, 2.05) is 14.2 Å². The molecule has 90 heavy (non-hydrogen) atoms. The van der Waals surface area contributed by atoms with E-state index in [4.69, 9.17) is 33.6 Å². The average Bonchev–Trinajstić information content (AvgIpc) is 1.71. The minimum atomic E-state index is -0.438. The topological polar surface area (TPSA) is 253 Å². The number of ether oxygens (including phenoxy) is 6. The van der Waals surface area contributed by atoms with Crippen LogP contribution in [0, 0.1) is 114 Å². The molecule has 12 fully saturated rings. The monoisotopic (exact) mass is 1320 g/mol. The van der Waals surface area contributed by atoms with Gasteiger partial charge in [0.15, 0.2) is 0 Å². The van der Waals surface area contributed by atoms with Gasteiger partial charge in [0.2, 0.25) is 6.04 Å². The van der Waals surface area contributed by atoms with Gasteiger partial charge < -0.3 is 55.6 Å². The van der Waals surface area contributed by atoms with E-state index < -0.39 is 6.04 Å². The maximum absolute atomic E-state index is 12.7. The fourth-order valence-corrected chi connectivity index (χ4v) is 23.5. The number of ketones is 1. The van der Waals surface area contributed by atoms with E-state index in [1.165, 1.54) is 30.7 Å². The molecule has 0 heterocycles. The first-order valence-electron chi connectivity index (χ1n) is 32.0. The van der Waals surface area contributed by atoms with Crippen LogP contribution in [0.1, 0.15) is 208 Å². The first-order valence-corrected chi connectivity index (χ1v) is 32.7. The molecule has 0 spiro atoms. The number of hydrogen-bond acceptors (Lipinski definition) is 18. The smallest absolute Gasteiger partial charge is 1.00 e. The van der Waals surface area contributed by atoms with Gasteiger partial charge >= 0.3 is 54.3 Å². The van der Waals surface area contributed by atoms with Crippen LogP contribution in [0.5, 0.6) is 0 Å². The Bertz CT molecular complexity index is 2330. The zero-order valence-corrected chi connectivity index (χ0v) is 57.9. The van der Waals surface area contributed by atoms with Crippen molar-refractivity contribution in [2.75, 3.05) is 42.7 Å². The summed E-state index contributed by atoms with van der Waals surface area (Å²) in [5.74, 6) is 6.55. The molecule has 0 aromatic carbocycles. The molecule has 6 N–H and O–H groups in total. The molecule has 28 atom stereocenters. The Hall–Kier alpha value is -0.330. The molecule has 12 rings (SSSR count). The van der Waals surface area contributed by atoms with Gasteiger partial charge in [0, 0.05) is 96.9 Å². The number of aliphatic hydroxyl groups is 3. The van der Waals surface area contributed by atoms with Crippen LogP contribution in [0.15, 0.2) is 9.46 Å². The molecule has 12 saturated carbocycles. The molecular weight excluding hydrogens is 1200 g/mol. The summed E-state index contributed by atoms with van der Waals surface area (Å²) in [6.07, 6.45) is 19.3. The third kappa shape index (κ3) is 15.0. The largest absolute Gasteiger partial charge is 1.00 e. The van der Waals surface area contributed by atoms with E-state index in [9.17, 15) is 35.4 Å². The molecule has 0 aliphatic heterocycles. The number of carbonyl (C=O) groups excluding carboxylic acids is 1. The molecule has 0 saturated heterocycles. The Morgan fingerprint density at radius 2 is 0.867 bits per heavy atom. The fraction of sp³-hybridized carbons (Fsp3) is 0.970. The van der Waals surface area contributed by atoms with Gasteiger partial charge in [0.25, 0.3) is 0 Å². The third-order valence-electron chi connectivity index (χ3n) is 27.3. The summed E-state index contributed by atoms with van der Waals surface area (Å²) in [5.41, 5.74) is 0.847. The number of hydrogen-bond donors (Lipinski definition) is 7. The van der Waals surface area contributed by atoms with E-state index in [2.05, 4.69) is 83.2 Å². The van der Waals surface area contributed by atoms with Crippen LogP contribution in [-0.2, 0) is 33.2 Å². The number of nitro groups is 1. The van der Waals surface area contributed by atoms with Crippen LogP contribution in [0.3, 0.4) is 0 Å². The van der Waals surface area contributed by atoms with Crippen molar-refractivity contribution in [1.82, 2.24) is 5.00 Å². The van der Waals surface area contributed by atoms with Crippen molar-refractivity contribution in [2.24, 2.45) is 113 Å². The second kappa shape index (κ2) is 34.4. The Morgan fingerprint density at radius 3 is 1.21 bits per heavy atom. The zero-order chi connectivity index (χ0) is 61.6. The van der Waals surface area contributed by atoms with Gasteiger partial charge in [-0.25, -0.2) is 0 Å². The van der Waals surface area contributed by atoms with Crippen molar-refractivity contribution in [1.29, 1.82) is 0 Å². The number of aliphatic hydroxyl groups excluding tert-OH is 3. The van der Waals surface area contributed by atoms with Gasteiger partial charge in [-0.05, 0) is 209 Å². The third-order valence-corrected chi connectivity index (χ3v) is 27.3. The van der Waals surface area contributed by atoms with E-state index in [0.717, 1.165) is 108 Å². The molecule has 0 aromatic heterocycles. The predicted molar refractivity (Wildman–Crippen MR) is 357 cm³/mol. The second-order valence-electron chi connectivity index (χ2n) is 30.0. The van der Waals surface area contributed by atoms with Gasteiger partial charge in [-0.2, -0.15) is 0 Å². The van der Waals surface area contributed by atoms with Crippen molar-refractivity contribution >= 4 is 52.1 Å². The summed E-state index contributed by atoms with van der Waals surface area (Å²) in [6, 6.07) is -0.438. The number of oxime groups is 1. The molecule has 0 bridgehead atoms. The predicted octanol–water partition coefficient (Wildman–Crippen LogP) is 9.55. The minimum absolute atomic E-state index is 0. The van der Waals surface area contributed by atoms with Crippen LogP contribution in [0.2, 0.25) is 0 Å². The zero-order valence-electron chi connectivity index (χ0n) is 55.3. The molecule has 0 amide bonds. The molecule has 0 unspecified atom stereocenters. The Balaban J connectivity index is 0.000000630. The molecule has 516 valence electrons. The number of rotatable bonds is 7. The van der Waals surface area contributed by atoms with E-state index in [1.54, 1.807) is 28.4 Å². The summed E-state index contributed by atoms with van der Waals surface area (Å²) < 4.78 is 37.8. The van der Waals surface area contributed by atoms with Crippen molar-refractivity contribution in [3.63, 3.8) is 0 Å². The van der Waals surface area contributed by atoms with Crippen LogP contribution in [-0.4, -0.2) is 162 Å². The number of Topliss-reactive ketones (excluding diaryl/α,β-unsaturated/α-hetero) is 1. The summed E-state index contributed by atoms with van der Waals surface area (Å²) in [6.45, 7) is 13.9. The number of nitrogens with one attached hydrogen (secondary N) is 1. The minimum Gasteiger partial charge on any atom is -1.00 e. The number of halogens is 1. The fourth-order valence-electron chi connectivity index (χ4n) is 23.5. The van der Waals surface area contributed by atoms with Gasteiger partial charge in [-0.15, -0.1) is 5.00 Å². The second-order valence-corrected chi connectivity index (χ2v) is 30.4. The number of thiol groups is 1. The average molecular weight is 1320 g/mol. The summed E-state index contributed by atoms with van der Waals surface area (Å²) >= 11 is 7.50. The molecule has 4 radical (unpaired) electrons. The Labute approximate surface area is 581 Å². The maximum Gasteiger partial charge on any atom is 1.00 e. The van der Waals surface area contributed by atoms with Crippen molar-refractivity contribution in [3.05, 3.63) is 10.1 Å². The number of fused-ring (bicyclic) bond motifs is 15. The van der Waals surface area contributed by atoms with Gasteiger partial charge in [0.1, 0.15) is 5.78 Å². The summed E-state index contributed by atoms with van der Waals surface area (Å²) in [7, 11) is 14.9. The van der Waals surface area contributed by atoms with E-state index in [-0.39, 0.29) is 161 Å². The Morgan fingerprint density at radius 1 is 0.556 bits per heavy atom. The number of methoxy groups -OCH3 is 6. The molecule has 0 aromatic rings. The van der Waals surface area contributed by atoms with E-state index in [0.29, 0.717) is 83.2 Å². The standard InChI is InChI=1S/C21H35NO5.C21H35NO4.C21H34O4.4CH4.BHNS.B.ClH2NO.Na.H/c1-20-10-16(26-3)15(23)9-12(20)5-6-13-14-7-8-18(22(24)25)21(14,2)11-17(27-4)19(13)20;1-20-10-16(25-3)15(23)9-12(20)5-6-13-14-7-8-18(22-24)21(14,2)11-17(26-4)19(13)20;1-20-10-16(24-3)15(22)9-12(20)5-6-13-14-7-8-18(23)21(14,2)11-17(25-4)19(13)20;;;;;1-2-3;;1-2-3;;/h12-19,23H,5-11H2,1-4H3;12-17,19,23-24H,5-11H2,1-4H3;12-17,19,22H,5-11H2,1-4H3;4*1H4;3H;;2-3H;;/q;;;;;;;;;;+1;-1/b;22-18+;;;;;;;;;;/t12-,13-,14-,15-,16-,17-,18-,19+,20-,21-;2*12-,13-,14-,15-,16-,17-,19+,20-,21-;;;;;;;;;/m000........./s1. The number of carbonyl (C=O) groups is 1. The number of nitrogens with zero attached hydrogens (tertiary/aromatic N) is 3. The summed E-state index contributed by atoms with van der Waals surface area (Å²) in [5, 5.41) is 63.5. The molecule has 23 heteroatoms. The van der Waals surface area contributed by atoms with Crippen LogP contribution in [0.25, 0.3) is 0 Å². The van der Waals surface area contributed by atoms with Gasteiger partial charge in [0.05, 0.1) is 60.6 Å². The van der Waals surface area contributed by atoms with Crippen molar-refractivity contribution in [3.8, 4) is 0 Å². The van der Waals surface area contributed by atoms with Crippen LogP contribution in [0.4, 0.5) is 0 Å². The molecular formula is C67H124B2ClN4NaO14S. The Kier molecular flexibility index (Phi) is 32.8. The molecule has 12 aliphatic carbocycles. The maximum atomic E-state index is 12.7. The quantitative estimate of drug-likeness (QED) is 0.0313. The van der Waals surface area contributed by atoms with Crippen LogP contribution >= 0.6 is 24.6 Å². The van der Waals surface area contributed by atoms with Crippen molar-refractivity contribution < 1.29 is 94.9 Å². The normalized spacial score (nSPS) is 48.1. The first kappa shape index (κ1) is 85.8. The molecule has 12 aliphatic rings. The van der Waals surface area contributed by atoms with E-state index >= 15 is 0 Å². The van der Waals surface area contributed by atoms with Gasteiger partial charge in [-0.3, -0.25) is 14.9 Å². The SMILES string of the molecule is C.C.C.C.CO[C@H]1C[C@]2(C)/C(=N/O)CC[C@H]2[C@@H]2CC[C@H]3C[C@H](O)[C@@H](OC)C[C@]3(C)[C@H]21.CO[C@H]1C[C@]2(C)C(=O)CC[C@H]2[C@@H]2CC[C@H]3C[C@H](O)[C@@H](OC)C[C@]3(C)[C@H]21.CO[C@H]1C[C@]2(C)[C@@H]([N+](=O)[O-])CC[C@H]2[C@@H]2CC[C@H]3C[C@H](O)[C@@H](OC)C[C@]3(C)[C@H]21.ONCl.[B].[B]=NS.[H-].[Na+]. The first-order chi connectivity index (χ1) is 39.8.